The Balaban J connectivity index is 0.000000662. The third kappa shape index (κ3) is 7.29. The lowest BCUT2D eigenvalue weighted by molar-refractivity contribution is 0.0585. The fourth-order valence-electron chi connectivity index (χ4n) is 6.44. The second kappa shape index (κ2) is 15.5. The SMILES string of the molecule is CCCCCC.CN(CCCN(C)CCN1C(=O)c2cccc3cccc(c23)C1=O)CCN1C(=O)c2cccc3cccc(c23)C1=O. The molecular weight excluding hydrogens is 588 g/mol. The maximum Gasteiger partial charge on any atom is 0.261 e. The first-order valence-corrected chi connectivity index (χ1v) is 16.9. The van der Waals surface area contributed by atoms with Crippen LogP contribution >= 0.6 is 0 Å². The zero-order valence-electron chi connectivity index (χ0n) is 28.1. The molecule has 2 aliphatic heterocycles. The van der Waals surface area contributed by atoms with Crippen molar-refractivity contribution < 1.29 is 19.2 Å². The van der Waals surface area contributed by atoms with Crippen LogP contribution < -0.4 is 0 Å². The highest BCUT2D eigenvalue weighted by atomic mass is 16.2. The van der Waals surface area contributed by atoms with Crippen LogP contribution in [0.1, 0.15) is 87.4 Å². The Bertz CT molecular complexity index is 1550. The molecule has 4 aromatic carbocycles. The minimum Gasteiger partial charge on any atom is -0.305 e. The van der Waals surface area contributed by atoms with E-state index in [1.165, 1.54) is 35.5 Å². The van der Waals surface area contributed by atoms with E-state index in [1.807, 2.05) is 62.6 Å². The molecule has 0 N–H and O–H groups in total. The van der Waals surface area contributed by atoms with Crippen molar-refractivity contribution in [3.05, 3.63) is 95.1 Å². The van der Waals surface area contributed by atoms with Gasteiger partial charge in [-0.1, -0.05) is 88.1 Å². The van der Waals surface area contributed by atoms with Crippen molar-refractivity contribution in [1.29, 1.82) is 0 Å². The number of carbonyl (C=O) groups excluding carboxylic acids is 4. The van der Waals surface area contributed by atoms with Crippen molar-refractivity contribution in [2.24, 2.45) is 0 Å². The van der Waals surface area contributed by atoms with Crippen LogP contribution in [0.2, 0.25) is 0 Å². The van der Waals surface area contributed by atoms with Gasteiger partial charge in [-0.05, 0) is 68.6 Å². The number of carbonyl (C=O) groups is 4. The average Bonchev–Trinajstić information content (AvgIpc) is 3.08. The molecule has 4 amide bonds. The topological polar surface area (TPSA) is 81.2 Å². The lowest BCUT2D eigenvalue weighted by Gasteiger charge is -2.29. The van der Waals surface area contributed by atoms with E-state index in [9.17, 15) is 19.2 Å². The Labute approximate surface area is 277 Å². The molecule has 2 aliphatic rings. The third-order valence-corrected chi connectivity index (χ3v) is 9.16. The molecule has 6 rings (SSSR count). The molecule has 0 unspecified atom stereocenters. The lowest BCUT2D eigenvalue weighted by Crippen LogP contribution is -2.45. The molecule has 8 nitrogen and oxygen atoms in total. The minimum absolute atomic E-state index is 0.243. The zero-order chi connectivity index (χ0) is 33.5. The number of nitrogens with zero attached hydrogens (tertiary/aromatic N) is 4. The van der Waals surface area contributed by atoms with Gasteiger partial charge in [0.25, 0.3) is 23.6 Å². The smallest absolute Gasteiger partial charge is 0.261 e. The highest BCUT2D eigenvalue weighted by molar-refractivity contribution is 6.26. The second-order valence-corrected chi connectivity index (χ2v) is 12.6. The summed E-state index contributed by atoms with van der Waals surface area (Å²) in [5, 5.41) is 3.29. The maximum atomic E-state index is 13.1. The second-order valence-electron chi connectivity index (χ2n) is 12.6. The number of rotatable bonds is 13. The van der Waals surface area contributed by atoms with Crippen molar-refractivity contribution >= 4 is 45.2 Å². The van der Waals surface area contributed by atoms with E-state index >= 15 is 0 Å². The summed E-state index contributed by atoms with van der Waals surface area (Å²) in [4.78, 5) is 59.4. The Kier molecular flexibility index (Phi) is 11.2. The molecule has 246 valence electrons. The van der Waals surface area contributed by atoms with Crippen molar-refractivity contribution in [2.45, 2.75) is 46.0 Å². The molecular formula is C39H46N4O4. The molecule has 2 heterocycles. The molecule has 0 aromatic heterocycles. The van der Waals surface area contributed by atoms with Gasteiger partial charge in [-0.2, -0.15) is 0 Å². The fraction of sp³-hybridized carbons (Fsp3) is 0.385. The number of unbranched alkanes of at least 4 members (excludes halogenated alkanes) is 3. The van der Waals surface area contributed by atoms with E-state index in [0.29, 0.717) is 48.4 Å². The Morgan fingerprint density at radius 2 is 0.787 bits per heavy atom. The first-order chi connectivity index (χ1) is 22.8. The molecule has 0 saturated carbocycles. The van der Waals surface area contributed by atoms with Crippen LogP contribution in [0.4, 0.5) is 0 Å². The van der Waals surface area contributed by atoms with E-state index in [4.69, 9.17) is 0 Å². The van der Waals surface area contributed by atoms with Crippen LogP contribution in [0.15, 0.2) is 72.8 Å². The number of hydrogen-bond donors (Lipinski definition) is 0. The van der Waals surface area contributed by atoms with Crippen LogP contribution in [0.5, 0.6) is 0 Å². The fourth-order valence-corrected chi connectivity index (χ4v) is 6.44. The highest BCUT2D eigenvalue weighted by Crippen LogP contribution is 2.31. The number of hydrogen-bond acceptors (Lipinski definition) is 6. The number of likely N-dealkylation sites (N-methyl/N-ethyl adjacent to an activating group) is 2. The summed E-state index contributed by atoms with van der Waals surface area (Å²) in [6.07, 6.45) is 6.40. The summed E-state index contributed by atoms with van der Waals surface area (Å²) >= 11 is 0. The van der Waals surface area contributed by atoms with Crippen LogP contribution in [0.25, 0.3) is 21.5 Å². The molecule has 0 radical (unpaired) electrons. The van der Waals surface area contributed by atoms with E-state index in [2.05, 4.69) is 23.6 Å². The molecule has 0 atom stereocenters. The predicted octanol–water partition coefficient (Wildman–Crippen LogP) is 6.73. The van der Waals surface area contributed by atoms with E-state index in [0.717, 1.165) is 41.1 Å². The summed E-state index contributed by atoms with van der Waals surface area (Å²) < 4.78 is 0. The summed E-state index contributed by atoms with van der Waals surface area (Å²) in [5.41, 5.74) is 2.31. The number of benzene rings is 4. The van der Waals surface area contributed by atoms with E-state index in [1.54, 1.807) is 24.3 Å². The number of imide groups is 2. The molecule has 0 spiro atoms. The number of amides is 4. The summed E-state index contributed by atoms with van der Waals surface area (Å²) in [6, 6.07) is 22.3. The van der Waals surface area contributed by atoms with Crippen LogP contribution in [0, 0.1) is 0 Å². The third-order valence-electron chi connectivity index (χ3n) is 9.16. The Morgan fingerprint density at radius 3 is 1.09 bits per heavy atom. The zero-order valence-corrected chi connectivity index (χ0v) is 28.1. The van der Waals surface area contributed by atoms with Crippen LogP contribution in [0.3, 0.4) is 0 Å². The first-order valence-electron chi connectivity index (χ1n) is 16.9. The summed E-state index contributed by atoms with van der Waals surface area (Å²) in [7, 11) is 3.97. The molecule has 0 aliphatic carbocycles. The summed E-state index contributed by atoms with van der Waals surface area (Å²) in [6.45, 7) is 7.81. The molecule has 47 heavy (non-hydrogen) atoms. The van der Waals surface area contributed by atoms with Gasteiger partial charge in [0.2, 0.25) is 0 Å². The molecule has 0 bridgehead atoms. The van der Waals surface area contributed by atoms with Crippen molar-refractivity contribution in [2.75, 3.05) is 53.4 Å². The lowest BCUT2D eigenvalue weighted by atomic mass is 9.94. The van der Waals surface area contributed by atoms with E-state index < -0.39 is 0 Å². The molecule has 4 aromatic rings. The van der Waals surface area contributed by atoms with Gasteiger partial charge in [-0.25, -0.2) is 0 Å². The predicted molar refractivity (Wildman–Crippen MR) is 188 cm³/mol. The van der Waals surface area contributed by atoms with Gasteiger partial charge in [0, 0.05) is 59.2 Å². The van der Waals surface area contributed by atoms with Gasteiger partial charge in [0.15, 0.2) is 0 Å². The Morgan fingerprint density at radius 1 is 0.468 bits per heavy atom. The quantitative estimate of drug-likeness (QED) is 0.120. The standard InChI is InChI=1S/C33H32N4O4.C6H14/c1-34(18-20-36-30(38)24-12-3-8-22-9-4-13-25(28(22)24)31(36)39)16-7-17-35(2)19-21-37-32(40)26-14-5-10-23-11-6-15-27(29(23)26)33(37)41;1-3-5-6-4-2/h3-6,8-15H,7,16-21H2,1-2H3;3-6H2,1-2H3. The van der Waals surface area contributed by atoms with Gasteiger partial charge in [-0.3, -0.25) is 29.0 Å². The van der Waals surface area contributed by atoms with Gasteiger partial charge >= 0.3 is 0 Å². The van der Waals surface area contributed by atoms with E-state index in [-0.39, 0.29) is 23.6 Å². The molecule has 0 fully saturated rings. The minimum atomic E-state index is -0.243. The monoisotopic (exact) mass is 634 g/mol. The first kappa shape index (κ1) is 33.9. The van der Waals surface area contributed by atoms with Crippen LogP contribution in [-0.2, 0) is 0 Å². The van der Waals surface area contributed by atoms with Crippen molar-refractivity contribution in [1.82, 2.24) is 19.6 Å². The van der Waals surface area contributed by atoms with Gasteiger partial charge in [0.05, 0.1) is 0 Å². The van der Waals surface area contributed by atoms with Crippen LogP contribution in [-0.4, -0.2) is 96.6 Å². The normalized spacial score (nSPS) is 14.1. The summed E-state index contributed by atoms with van der Waals surface area (Å²) in [5.74, 6) is -0.970. The molecule has 0 saturated heterocycles. The van der Waals surface area contributed by atoms with Gasteiger partial charge in [0.1, 0.15) is 0 Å². The van der Waals surface area contributed by atoms with Gasteiger partial charge < -0.3 is 9.80 Å². The largest absolute Gasteiger partial charge is 0.305 e. The molecule has 8 heteroatoms. The van der Waals surface area contributed by atoms with Crippen molar-refractivity contribution in [3.8, 4) is 0 Å². The van der Waals surface area contributed by atoms with Crippen molar-refractivity contribution in [3.63, 3.8) is 0 Å². The van der Waals surface area contributed by atoms with Gasteiger partial charge in [-0.15, -0.1) is 0 Å². The Hall–Kier alpha value is -4.40. The highest BCUT2D eigenvalue weighted by Gasteiger charge is 2.33. The average molecular weight is 635 g/mol. The maximum absolute atomic E-state index is 13.1.